The van der Waals surface area contributed by atoms with Crippen LogP contribution in [-0.2, 0) is 9.59 Å². The van der Waals surface area contributed by atoms with Crippen molar-refractivity contribution < 1.29 is 24.9 Å². The Bertz CT molecular complexity index is 797. The van der Waals surface area contributed by atoms with Crippen LogP contribution in [-0.4, -0.2) is 80.3 Å². The van der Waals surface area contributed by atoms with E-state index in [0.29, 0.717) is 12.1 Å². The van der Waals surface area contributed by atoms with Crippen molar-refractivity contribution in [3.8, 4) is 0 Å². The summed E-state index contributed by atoms with van der Waals surface area (Å²) in [5.74, 6) is -2.85. The van der Waals surface area contributed by atoms with Gasteiger partial charge in [-0.2, -0.15) is 0 Å². The van der Waals surface area contributed by atoms with Gasteiger partial charge < -0.3 is 15.3 Å². The molecule has 2 aromatic heterocycles. The van der Waals surface area contributed by atoms with E-state index in [1.165, 1.54) is 49.9 Å². The molecule has 4 heterocycles. The highest BCUT2D eigenvalue weighted by Crippen LogP contribution is 2.30. The fourth-order valence-corrected chi connectivity index (χ4v) is 4.06. The van der Waals surface area contributed by atoms with Crippen molar-refractivity contribution >= 4 is 11.9 Å². The molecule has 0 amide bonds. The lowest BCUT2D eigenvalue weighted by molar-refractivity contribution is -0.152. The molecule has 0 bridgehead atoms. The first-order valence-corrected chi connectivity index (χ1v) is 11.1. The smallest absolute Gasteiger partial charge is 0.333 e. The molecule has 2 aliphatic rings. The lowest BCUT2D eigenvalue weighted by atomic mass is 10.1. The topological polar surface area (TPSA) is 127 Å². The van der Waals surface area contributed by atoms with Crippen molar-refractivity contribution in [3.63, 3.8) is 0 Å². The minimum atomic E-state index is -1.79. The Balaban J connectivity index is 0.000000178. The van der Waals surface area contributed by atoms with Crippen LogP contribution in [0, 0.1) is 0 Å². The molecule has 3 N–H and O–H groups in total. The molecule has 0 aromatic carbocycles. The number of hydrogen-bond acceptors (Lipinski definition) is 7. The SMILES string of the molecule is CN1CCCC1c1cccnc1.CN1CCCC1c1cccnc1.O=C(O)CC(O)C(=O)O. The van der Waals surface area contributed by atoms with Gasteiger partial charge in [0, 0.05) is 36.9 Å². The Morgan fingerprint density at radius 2 is 1.39 bits per heavy atom. The summed E-state index contributed by atoms with van der Waals surface area (Å²) >= 11 is 0. The Labute approximate surface area is 194 Å². The fraction of sp³-hybridized carbons (Fsp3) is 0.500. The summed E-state index contributed by atoms with van der Waals surface area (Å²) in [6.45, 7) is 2.44. The number of carboxylic acids is 2. The third-order valence-corrected chi connectivity index (χ3v) is 5.83. The van der Waals surface area contributed by atoms with Crippen molar-refractivity contribution in [3.05, 3.63) is 60.2 Å². The van der Waals surface area contributed by atoms with Crippen LogP contribution in [0.25, 0.3) is 0 Å². The number of pyridine rings is 2. The van der Waals surface area contributed by atoms with Gasteiger partial charge in [0.1, 0.15) is 0 Å². The predicted octanol–water partition coefficient (Wildman–Crippen LogP) is 2.60. The van der Waals surface area contributed by atoms with Gasteiger partial charge in [0.15, 0.2) is 6.10 Å². The van der Waals surface area contributed by atoms with E-state index in [-0.39, 0.29) is 0 Å². The monoisotopic (exact) mass is 458 g/mol. The minimum absolute atomic E-state index is 0.610. The molecule has 4 rings (SSSR count). The first-order chi connectivity index (χ1) is 15.8. The van der Waals surface area contributed by atoms with Gasteiger partial charge in [-0.3, -0.25) is 24.6 Å². The van der Waals surface area contributed by atoms with Gasteiger partial charge in [-0.25, -0.2) is 4.79 Å². The molecule has 2 aliphatic heterocycles. The normalized spacial score (nSPS) is 21.3. The van der Waals surface area contributed by atoms with Crippen molar-refractivity contribution in [1.82, 2.24) is 19.8 Å². The van der Waals surface area contributed by atoms with Gasteiger partial charge in [0.25, 0.3) is 0 Å². The van der Waals surface area contributed by atoms with E-state index < -0.39 is 24.5 Å². The number of likely N-dealkylation sites (tertiary alicyclic amines) is 2. The van der Waals surface area contributed by atoms with Crippen LogP contribution in [0.1, 0.15) is 55.3 Å². The first-order valence-electron chi connectivity index (χ1n) is 11.1. The lowest BCUT2D eigenvalue weighted by Crippen LogP contribution is -2.22. The summed E-state index contributed by atoms with van der Waals surface area (Å²) in [7, 11) is 4.37. The van der Waals surface area contributed by atoms with Gasteiger partial charge >= 0.3 is 11.9 Å². The maximum absolute atomic E-state index is 9.72. The molecular weight excluding hydrogens is 424 g/mol. The number of aliphatic carboxylic acids is 2. The highest BCUT2D eigenvalue weighted by molar-refractivity contribution is 5.79. The lowest BCUT2D eigenvalue weighted by Gasteiger charge is -2.18. The minimum Gasteiger partial charge on any atom is -0.481 e. The summed E-state index contributed by atoms with van der Waals surface area (Å²) < 4.78 is 0. The zero-order chi connectivity index (χ0) is 24.2. The van der Waals surface area contributed by atoms with Gasteiger partial charge in [0.2, 0.25) is 0 Å². The second kappa shape index (κ2) is 13.6. The molecule has 3 unspecified atom stereocenters. The van der Waals surface area contributed by atoms with E-state index in [1.54, 1.807) is 0 Å². The molecule has 2 aromatic rings. The standard InChI is InChI=1S/2C10H14N2.C4H6O5/c2*1-12-7-3-5-10(12)9-4-2-6-11-8-9;5-2(4(8)9)1-3(6)7/h2*2,4,6,8,10H,3,5,7H2,1H3;2,5H,1H2,(H,6,7)(H,8,9). The Hall–Kier alpha value is -2.88. The molecule has 0 radical (unpaired) electrons. The number of aliphatic hydroxyl groups is 1. The van der Waals surface area contributed by atoms with Crippen molar-refractivity contribution in [2.75, 3.05) is 27.2 Å². The molecule has 180 valence electrons. The molecule has 3 atom stereocenters. The zero-order valence-corrected chi connectivity index (χ0v) is 19.2. The maximum Gasteiger partial charge on any atom is 0.333 e. The maximum atomic E-state index is 9.72. The van der Waals surface area contributed by atoms with Crippen LogP contribution in [0.4, 0.5) is 0 Å². The van der Waals surface area contributed by atoms with E-state index in [0.717, 1.165) is 0 Å². The quantitative estimate of drug-likeness (QED) is 0.619. The first kappa shape index (κ1) is 26.4. The molecule has 0 spiro atoms. The van der Waals surface area contributed by atoms with Crippen molar-refractivity contribution in [1.29, 1.82) is 0 Å². The van der Waals surface area contributed by atoms with Crippen LogP contribution in [0.3, 0.4) is 0 Å². The third-order valence-electron chi connectivity index (χ3n) is 5.83. The van der Waals surface area contributed by atoms with E-state index in [1.807, 2.05) is 36.9 Å². The van der Waals surface area contributed by atoms with Gasteiger partial charge in [-0.05, 0) is 76.1 Å². The highest BCUT2D eigenvalue weighted by atomic mass is 16.4. The molecule has 2 saturated heterocycles. The summed E-state index contributed by atoms with van der Waals surface area (Å²) in [6, 6.07) is 9.58. The largest absolute Gasteiger partial charge is 0.481 e. The van der Waals surface area contributed by atoms with Crippen molar-refractivity contribution in [2.45, 2.75) is 50.3 Å². The Morgan fingerprint density at radius 3 is 1.64 bits per heavy atom. The second-order valence-electron chi connectivity index (χ2n) is 8.30. The molecule has 9 nitrogen and oxygen atoms in total. The Kier molecular flexibility index (Phi) is 10.9. The number of carbonyl (C=O) groups is 2. The molecule has 0 aliphatic carbocycles. The number of aliphatic hydroxyl groups excluding tert-OH is 1. The van der Waals surface area contributed by atoms with Crippen molar-refractivity contribution in [2.24, 2.45) is 0 Å². The van der Waals surface area contributed by atoms with Crippen LogP contribution in [0.15, 0.2) is 49.1 Å². The second-order valence-corrected chi connectivity index (χ2v) is 8.30. The average Bonchev–Trinajstić information content (AvgIpc) is 3.43. The molecule has 33 heavy (non-hydrogen) atoms. The van der Waals surface area contributed by atoms with Crippen LogP contribution < -0.4 is 0 Å². The van der Waals surface area contributed by atoms with E-state index in [9.17, 15) is 9.59 Å². The highest BCUT2D eigenvalue weighted by Gasteiger charge is 2.22. The molecular formula is C24H34N4O5. The Morgan fingerprint density at radius 1 is 0.939 bits per heavy atom. The van der Waals surface area contributed by atoms with Gasteiger partial charge in [-0.1, -0.05) is 12.1 Å². The zero-order valence-electron chi connectivity index (χ0n) is 19.2. The number of nitrogens with zero attached hydrogens (tertiary/aromatic N) is 4. The summed E-state index contributed by atoms with van der Waals surface area (Å²) in [5.41, 5.74) is 2.72. The predicted molar refractivity (Wildman–Crippen MR) is 124 cm³/mol. The summed E-state index contributed by atoms with van der Waals surface area (Å²) in [6.07, 6.45) is 10.3. The van der Waals surface area contributed by atoms with Gasteiger partial charge in [-0.15, -0.1) is 0 Å². The number of hydrogen-bond donors (Lipinski definition) is 3. The summed E-state index contributed by atoms with van der Waals surface area (Å²) in [4.78, 5) is 32.5. The molecule has 0 saturated carbocycles. The van der Waals surface area contributed by atoms with Crippen LogP contribution in [0.5, 0.6) is 0 Å². The van der Waals surface area contributed by atoms with E-state index >= 15 is 0 Å². The van der Waals surface area contributed by atoms with E-state index in [4.69, 9.17) is 15.3 Å². The van der Waals surface area contributed by atoms with E-state index in [2.05, 4.69) is 46.0 Å². The van der Waals surface area contributed by atoms with Crippen LogP contribution >= 0.6 is 0 Å². The molecule has 9 heteroatoms. The third kappa shape index (κ3) is 8.88. The van der Waals surface area contributed by atoms with Crippen LogP contribution in [0.2, 0.25) is 0 Å². The number of aromatic nitrogens is 2. The summed E-state index contributed by atoms with van der Waals surface area (Å²) in [5, 5.41) is 24.1. The average molecular weight is 459 g/mol. The number of rotatable bonds is 5. The van der Waals surface area contributed by atoms with Gasteiger partial charge in [0.05, 0.1) is 6.42 Å². The molecule has 2 fully saturated rings. The fourth-order valence-electron chi connectivity index (χ4n) is 4.06. The number of carboxylic acid groups (broad SMARTS) is 2.